The maximum absolute atomic E-state index is 13.3. The molecule has 162 valence electrons. The molecule has 0 spiro atoms. The standard InChI is InChI=1S/C23H26N4O4/c1-15-7-6-10-27-20(16(2)24-21(15)27)23(29)26-13-11-25(12-14-26)22(28)19-17(30-3)8-5-9-18(19)31-4/h5-10H,11-14H2,1-4H3. The number of aromatic nitrogens is 2. The van der Waals surface area contributed by atoms with E-state index in [0.717, 1.165) is 11.2 Å². The molecule has 2 amide bonds. The average Bonchev–Trinajstić information content (AvgIpc) is 3.14. The minimum absolute atomic E-state index is 0.0717. The van der Waals surface area contributed by atoms with Gasteiger partial charge in [0.2, 0.25) is 0 Å². The van der Waals surface area contributed by atoms with E-state index in [0.29, 0.717) is 54.6 Å². The van der Waals surface area contributed by atoms with Crippen molar-refractivity contribution in [2.45, 2.75) is 13.8 Å². The number of carbonyl (C=O) groups is 2. The summed E-state index contributed by atoms with van der Waals surface area (Å²) >= 11 is 0. The van der Waals surface area contributed by atoms with E-state index in [4.69, 9.17) is 9.47 Å². The molecule has 1 fully saturated rings. The lowest BCUT2D eigenvalue weighted by atomic mass is 10.1. The van der Waals surface area contributed by atoms with Crippen molar-refractivity contribution in [3.8, 4) is 11.5 Å². The van der Waals surface area contributed by atoms with E-state index in [-0.39, 0.29) is 11.8 Å². The molecule has 0 aliphatic carbocycles. The number of amides is 2. The van der Waals surface area contributed by atoms with E-state index >= 15 is 0 Å². The van der Waals surface area contributed by atoms with Crippen LogP contribution in [0.25, 0.3) is 5.65 Å². The Balaban J connectivity index is 1.52. The van der Waals surface area contributed by atoms with E-state index in [1.807, 2.05) is 36.6 Å². The van der Waals surface area contributed by atoms with Crippen LogP contribution in [0.2, 0.25) is 0 Å². The summed E-state index contributed by atoms with van der Waals surface area (Å²) in [6.07, 6.45) is 1.86. The van der Waals surface area contributed by atoms with Crippen LogP contribution < -0.4 is 9.47 Å². The molecule has 8 heteroatoms. The first-order valence-corrected chi connectivity index (χ1v) is 10.2. The molecule has 0 N–H and O–H groups in total. The Labute approximate surface area is 181 Å². The Morgan fingerprint density at radius 3 is 2.03 bits per heavy atom. The van der Waals surface area contributed by atoms with Crippen LogP contribution in [0.3, 0.4) is 0 Å². The molecule has 3 heterocycles. The molecule has 0 bridgehead atoms. The molecule has 2 aromatic heterocycles. The number of ether oxygens (including phenoxy) is 2. The Bertz CT molecular complexity index is 1120. The lowest BCUT2D eigenvalue weighted by molar-refractivity contribution is 0.0527. The monoisotopic (exact) mass is 422 g/mol. The van der Waals surface area contributed by atoms with Crippen LogP contribution in [0.4, 0.5) is 0 Å². The van der Waals surface area contributed by atoms with Gasteiger partial charge in [0.25, 0.3) is 11.8 Å². The van der Waals surface area contributed by atoms with E-state index in [9.17, 15) is 9.59 Å². The summed E-state index contributed by atoms with van der Waals surface area (Å²) in [5.41, 5.74) is 3.49. The summed E-state index contributed by atoms with van der Waals surface area (Å²) in [5, 5.41) is 0. The van der Waals surface area contributed by atoms with Gasteiger partial charge in [-0.3, -0.25) is 14.0 Å². The molecule has 0 unspecified atom stereocenters. The van der Waals surface area contributed by atoms with Crippen molar-refractivity contribution in [2.75, 3.05) is 40.4 Å². The molecule has 31 heavy (non-hydrogen) atoms. The van der Waals surface area contributed by atoms with Crippen molar-refractivity contribution >= 4 is 17.5 Å². The molecule has 8 nitrogen and oxygen atoms in total. The number of methoxy groups -OCH3 is 2. The lowest BCUT2D eigenvalue weighted by Gasteiger charge is -2.35. The highest BCUT2D eigenvalue weighted by Crippen LogP contribution is 2.30. The Morgan fingerprint density at radius 2 is 1.45 bits per heavy atom. The van der Waals surface area contributed by atoms with Gasteiger partial charge in [0.15, 0.2) is 0 Å². The third-order valence-electron chi connectivity index (χ3n) is 5.72. The molecule has 1 saturated heterocycles. The summed E-state index contributed by atoms with van der Waals surface area (Å²) in [6.45, 7) is 5.59. The number of pyridine rings is 1. The van der Waals surface area contributed by atoms with Crippen molar-refractivity contribution < 1.29 is 19.1 Å². The van der Waals surface area contributed by atoms with E-state index in [2.05, 4.69) is 4.98 Å². The second kappa shape index (κ2) is 8.29. The fourth-order valence-corrected chi connectivity index (χ4v) is 4.06. The quantitative estimate of drug-likeness (QED) is 0.646. The Kier molecular flexibility index (Phi) is 5.54. The van der Waals surface area contributed by atoms with Crippen LogP contribution in [-0.2, 0) is 0 Å². The number of nitrogens with zero attached hydrogens (tertiary/aromatic N) is 4. The third kappa shape index (κ3) is 3.58. The largest absolute Gasteiger partial charge is 0.496 e. The molecule has 4 rings (SSSR count). The summed E-state index contributed by atoms with van der Waals surface area (Å²) in [7, 11) is 3.06. The highest BCUT2D eigenvalue weighted by atomic mass is 16.5. The number of fused-ring (bicyclic) bond motifs is 1. The predicted molar refractivity (Wildman–Crippen MR) is 116 cm³/mol. The Hall–Kier alpha value is -3.55. The number of imidazole rings is 1. The first-order chi connectivity index (χ1) is 15.0. The van der Waals surface area contributed by atoms with Gasteiger partial charge in [-0.05, 0) is 37.6 Å². The van der Waals surface area contributed by atoms with Gasteiger partial charge in [-0.15, -0.1) is 0 Å². The molecule has 0 saturated carbocycles. The van der Waals surface area contributed by atoms with E-state index < -0.39 is 0 Å². The van der Waals surface area contributed by atoms with Gasteiger partial charge in [0, 0.05) is 32.4 Å². The van der Waals surface area contributed by atoms with Crippen molar-refractivity contribution in [3.05, 3.63) is 59.0 Å². The van der Waals surface area contributed by atoms with Crippen LogP contribution in [0.5, 0.6) is 11.5 Å². The fourth-order valence-electron chi connectivity index (χ4n) is 4.06. The summed E-state index contributed by atoms with van der Waals surface area (Å²) in [4.78, 5) is 34.5. The molecule has 0 atom stereocenters. The lowest BCUT2D eigenvalue weighted by Crippen LogP contribution is -2.51. The molecule has 3 aromatic rings. The summed E-state index contributed by atoms with van der Waals surface area (Å²) in [5.74, 6) is 0.708. The molecule has 1 aliphatic heterocycles. The zero-order chi connectivity index (χ0) is 22.1. The minimum atomic E-state index is -0.164. The average molecular weight is 422 g/mol. The molecule has 1 aromatic carbocycles. The van der Waals surface area contributed by atoms with Gasteiger partial charge in [-0.1, -0.05) is 12.1 Å². The van der Waals surface area contributed by atoms with Crippen molar-refractivity contribution in [1.82, 2.24) is 19.2 Å². The number of hydrogen-bond acceptors (Lipinski definition) is 5. The first kappa shape index (κ1) is 20.7. The van der Waals surface area contributed by atoms with Gasteiger partial charge in [-0.2, -0.15) is 0 Å². The van der Waals surface area contributed by atoms with Gasteiger partial charge in [0.1, 0.15) is 28.4 Å². The highest BCUT2D eigenvalue weighted by Gasteiger charge is 2.30. The zero-order valence-corrected chi connectivity index (χ0v) is 18.2. The van der Waals surface area contributed by atoms with Crippen molar-refractivity contribution in [3.63, 3.8) is 0 Å². The molecular formula is C23H26N4O4. The van der Waals surface area contributed by atoms with E-state index in [1.54, 1.807) is 28.0 Å². The third-order valence-corrected chi connectivity index (χ3v) is 5.72. The smallest absolute Gasteiger partial charge is 0.272 e. The second-order valence-electron chi connectivity index (χ2n) is 7.55. The van der Waals surface area contributed by atoms with Crippen LogP contribution in [0.1, 0.15) is 32.1 Å². The fraction of sp³-hybridized carbons (Fsp3) is 0.348. The van der Waals surface area contributed by atoms with Crippen LogP contribution in [-0.4, -0.2) is 71.4 Å². The number of carbonyl (C=O) groups excluding carboxylic acids is 2. The number of aryl methyl sites for hydroxylation is 2. The summed E-state index contributed by atoms with van der Waals surface area (Å²) in [6, 6.07) is 9.16. The highest BCUT2D eigenvalue weighted by molar-refractivity contribution is 6.00. The Morgan fingerprint density at radius 1 is 0.871 bits per heavy atom. The number of benzene rings is 1. The van der Waals surface area contributed by atoms with Crippen molar-refractivity contribution in [1.29, 1.82) is 0 Å². The number of hydrogen-bond donors (Lipinski definition) is 0. The predicted octanol–water partition coefficient (Wildman–Crippen LogP) is 2.57. The van der Waals surface area contributed by atoms with Gasteiger partial charge in [0.05, 0.1) is 19.9 Å². The van der Waals surface area contributed by atoms with E-state index in [1.165, 1.54) is 14.2 Å². The maximum atomic E-state index is 13.3. The van der Waals surface area contributed by atoms with Crippen molar-refractivity contribution in [2.24, 2.45) is 0 Å². The topological polar surface area (TPSA) is 76.4 Å². The first-order valence-electron chi connectivity index (χ1n) is 10.2. The second-order valence-corrected chi connectivity index (χ2v) is 7.55. The van der Waals surface area contributed by atoms with Crippen LogP contribution in [0, 0.1) is 13.8 Å². The van der Waals surface area contributed by atoms with Gasteiger partial charge < -0.3 is 19.3 Å². The van der Waals surface area contributed by atoms with Gasteiger partial charge in [-0.25, -0.2) is 4.98 Å². The molecular weight excluding hydrogens is 396 g/mol. The maximum Gasteiger partial charge on any atom is 0.272 e. The van der Waals surface area contributed by atoms with Crippen LogP contribution in [0.15, 0.2) is 36.5 Å². The number of rotatable bonds is 4. The SMILES string of the molecule is COc1cccc(OC)c1C(=O)N1CCN(C(=O)c2c(C)nc3c(C)cccn23)CC1. The van der Waals surface area contributed by atoms with Crippen LogP contribution >= 0.6 is 0 Å². The number of piperazine rings is 1. The zero-order valence-electron chi connectivity index (χ0n) is 18.2. The molecule has 1 aliphatic rings. The summed E-state index contributed by atoms with van der Waals surface area (Å²) < 4.78 is 12.6. The van der Waals surface area contributed by atoms with Gasteiger partial charge >= 0.3 is 0 Å². The normalized spacial score (nSPS) is 14.1. The molecule has 0 radical (unpaired) electrons. The minimum Gasteiger partial charge on any atom is -0.496 e.